The third-order valence-electron chi connectivity index (χ3n) is 7.11. The van der Waals surface area contributed by atoms with E-state index in [2.05, 4.69) is 78.9 Å². The van der Waals surface area contributed by atoms with Crippen molar-refractivity contribution in [2.24, 2.45) is 0 Å². The van der Waals surface area contributed by atoms with Crippen LogP contribution in [0.3, 0.4) is 0 Å². The maximum Gasteiger partial charge on any atom is 0.160 e. The summed E-state index contributed by atoms with van der Waals surface area (Å²) in [5.74, 6) is 0.727. The van der Waals surface area contributed by atoms with Gasteiger partial charge in [0, 0.05) is 17.1 Å². The van der Waals surface area contributed by atoms with E-state index >= 15 is 0 Å². The van der Waals surface area contributed by atoms with Crippen molar-refractivity contribution in [3.05, 3.63) is 133 Å². The van der Waals surface area contributed by atoms with Gasteiger partial charge in [-0.1, -0.05) is 78.9 Å². The fraction of sp³-hybridized carbons (Fsp3) is 0. The standard InChI is InChI=1S/C35H21N3/c36-21-23-9-11-24(12-10-23)26-15-13-25-14-16-27(18-30(25)17-26)31-19-28-5-1-3-7-32(28)33(20-31)35-37-22-29-6-2-4-8-34(29)38-35/h1-20,22H. The van der Waals surface area contributed by atoms with E-state index in [9.17, 15) is 0 Å². The lowest BCUT2D eigenvalue weighted by Gasteiger charge is -2.12. The van der Waals surface area contributed by atoms with Crippen LogP contribution in [0.2, 0.25) is 0 Å². The highest BCUT2D eigenvalue weighted by Crippen LogP contribution is 2.35. The number of benzene rings is 6. The van der Waals surface area contributed by atoms with Gasteiger partial charge in [-0.05, 0) is 86.3 Å². The molecule has 0 saturated carbocycles. The molecule has 0 radical (unpaired) electrons. The van der Waals surface area contributed by atoms with Crippen molar-refractivity contribution in [3.8, 4) is 39.7 Å². The fourth-order valence-electron chi connectivity index (χ4n) is 5.11. The van der Waals surface area contributed by atoms with Gasteiger partial charge < -0.3 is 0 Å². The summed E-state index contributed by atoms with van der Waals surface area (Å²) in [4.78, 5) is 9.64. The SMILES string of the molecule is N#Cc1ccc(-c2ccc3ccc(-c4cc(-c5ncc6ccccc6n5)c5ccccc5c4)cc3c2)cc1. The van der Waals surface area contributed by atoms with Crippen LogP contribution < -0.4 is 0 Å². The molecule has 3 heteroatoms. The van der Waals surface area contributed by atoms with Gasteiger partial charge >= 0.3 is 0 Å². The van der Waals surface area contributed by atoms with Gasteiger partial charge in [0.25, 0.3) is 0 Å². The third kappa shape index (κ3) is 3.86. The smallest absolute Gasteiger partial charge is 0.160 e. The summed E-state index contributed by atoms with van der Waals surface area (Å²) in [6.45, 7) is 0. The monoisotopic (exact) mass is 483 g/mol. The first-order valence-electron chi connectivity index (χ1n) is 12.5. The number of hydrogen-bond acceptors (Lipinski definition) is 3. The molecule has 0 N–H and O–H groups in total. The lowest BCUT2D eigenvalue weighted by molar-refractivity contribution is 1.23. The number of para-hydroxylation sites is 1. The van der Waals surface area contributed by atoms with Crippen LogP contribution in [0.5, 0.6) is 0 Å². The molecule has 0 spiro atoms. The van der Waals surface area contributed by atoms with Crippen molar-refractivity contribution in [2.45, 2.75) is 0 Å². The Hall–Kier alpha value is -5.33. The molecule has 0 aliphatic carbocycles. The van der Waals surface area contributed by atoms with Crippen LogP contribution in [0.4, 0.5) is 0 Å². The molecule has 1 aromatic heterocycles. The van der Waals surface area contributed by atoms with Crippen molar-refractivity contribution >= 4 is 32.4 Å². The van der Waals surface area contributed by atoms with Crippen molar-refractivity contribution in [1.29, 1.82) is 5.26 Å². The Morgan fingerprint density at radius 2 is 1.18 bits per heavy atom. The molecule has 0 unspecified atom stereocenters. The Kier molecular flexibility index (Phi) is 5.17. The highest BCUT2D eigenvalue weighted by atomic mass is 14.9. The number of nitrogens with zero attached hydrogens (tertiary/aromatic N) is 3. The van der Waals surface area contributed by atoms with E-state index in [0.29, 0.717) is 5.56 Å². The summed E-state index contributed by atoms with van der Waals surface area (Å²) >= 11 is 0. The van der Waals surface area contributed by atoms with Crippen LogP contribution in [0, 0.1) is 11.3 Å². The van der Waals surface area contributed by atoms with Crippen molar-refractivity contribution in [1.82, 2.24) is 9.97 Å². The third-order valence-corrected chi connectivity index (χ3v) is 7.11. The summed E-state index contributed by atoms with van der Waals surface area (Å²) in [5, 5.41) is 14.8. The highest BCUT2D eigenvalue weighted by molar-refractivity contribution is 6.00. The molecule has 176 valence electrons. The Balaban J connectivity index is 1.37. The molecule has 0 saturated heterocycles. The van der Waals surface area contributed by atoms with E-state index < -0.39 is 0 Å². The van der Waals surface area contributed by atoms with Gasteiger partial charge in [-0.2, -0.15) is 5.26 Å². The van der Waals surface area contributed by atoms with Gasteiger partial charge in [-0.3, -0.25) is 0 Å². The second kappa shape index (κ2) is 8.96. The predicted molar refractivity (Wildman–Crippen MR) is 156 cm³/mol. The molecule has 0 bridgehead atoms. The van der Waals surface area contributed by atoms with Gasteiger partial charge in [0.2, 0.25) is 0 Å². The Morgan fingerprint density at radius 1 is 0.526 bits per heavy atom. The highest BCUT2D eigenvalue weighted by Gasteiger charge is 2.12. The molecule has 1 heterocycles. The largest absolute Gasteiger partial charge is 0.236 e. The molecule has 3 nitrogen and oxygen atoms in total. The van der Waals surface area contributed by atoms with Crippen LogP contribution in [0.25, 0.3) is 66.1 Å². The van der Waals surface area contributed by atoms with E-state index in [-0.39, 0.29) is 0 Å². The average molecular weight is 484 g/mol. The second-order valence-corrected chi connectivity index (χ2v) is 9.46. The molecule has 0 amide bonds. The average Bonchev–Trinajstić information content (AvgIpc) is 2.99. The molecular weight excluding hydrogens is 462 g/mol. The van der Waals surface area contributed by atoms with Gasteiger partial charge in [-0.25, -0.2) is 9.97 Å². The van der Waals surface area contributed by atoms with Crippen LogP contribution in [0.1, 0.15) is 5.56 Å². The second-order valence-electron chi connectivity index (χ2n) is 9.46. The summed E-state index contributed by atoms with van der Waals surface area (Å²) < 4.78 is 0. The molecule has 0 aliphatic rings. The molecule has 0 aliphatic heterocycles. The summed E-state index contributed by atoms with van der Waals surface area (Å²) in [6.07, 6.45) is 1.90. The lowest BCUT2D eigenvalue weighted by Crippen LogP contribution is -1.92. The maximum absolute atomic E-state index is 9.13. The zero-order chi connectivity index (χ0) is 25.5. The predicted octanol–water partition coefficient (Wildman–Crippen LogP) is 8.81. The van der Waals surface area contributed by atoms with Crippen LogP contribution >= 0.6 is 0 Å². The van der Waals surface area contributed by atoms with E-state index in [4.69, 9.17) is 15.2 Å². The first-order valence-corrected chi connectivity index (χ1v) is 12.5. The zero-order valence-corrected chi connectivity index (χ0v) is 20.5. The molecule has 6 aromatic carbocycles. The minimum atomic E-state index is 0.666. The van der Waals surface area contributed by atoms with Crippen molar-refractivity contribution < 1.29 is 0 Å². The summed E-state index contributed by atoms with van der Waals surface area (Å²) in [6, 6.07) is 44.0. The number of rotatable bonds is 3. The van der Waals surface area contributed by atoms with Crippen molar-refractivity contribution in [2.75, 3.05) is 0 Å². The molecule has 38 heavy (non-hydrogen) atoms. The van der Waals surface area contributed by atoms with E-state index in [1.807, 2.05) is 54.7 Å². The van der Waals surface area contributed by atoms with Crippen LogP contribution in [-0.2, 0) is 0 Å². The number of fused-ring (bicyclic) bond motifs is 3. The maximum atomic E-state index is 9.13. The Morgan fingerprint density at radius 3 is 1.97 bits per heavy atom. The molecule has 7 rings (SSSR count). The minimum Gasteiger partial charge on any atom is -0.236 e. The van der Waals surface area contributed by atoms with Gasteiger partial charge in [-0.15, -0.1) is 0 Å². The van der Waals surface area contributed by atoms with E-state index in [1.54, 1.807) is 0 Å². The normalized spacial score (nSPS) is 11.1. The van der Waals surface area contributed by atoms with Gasteiger partial charge in [0.15, 0.2) is 5.82 Å². The fourth-order valence-corrected chi connectivity index (χ4v) is 5.11. The van der Waals surface area contributed by atoms with Crippen LogP contribution in [-0.4, -0.2) is 9.97 Å². The van der Waals surface area contributed by atoms with Crippen molar-refractivity contribution in [3.63, 3.8) is 0 Å². The first-order chi connectivity index (χ1) is 18.7. The zero-order valence-electron chi connectivity index (χ0n) is 20.5. The quantitative estimate of drug-likeness (QED) is 0.252. The Labute approximate surface area is 220 Å². The topological polar surface area (TPSA) is 49.6 Å². The summed E-state index contributed by atoms with van der Waals surface area (Å²) in [5.41, 5.74) is 7.12. The van der Waals surface area contributed by atoms with Crippen LogP contribution in [0.15, 0.2) is 128 Å². The van der Waals surface area contributed by atoms with Gasteiger partial charge in [0.05, 0.1) is 17.1 Å². The summed E-state index contributed by atoms with van der Waals surface area (Å²) in [7, 11) is 0. The number of hydrogen-bond donors (Lipinski definition) is 0. The molecule has 0 atom stereocenters. The van der Waals surface area contributed by atoms with E-state index in [1.165, 1.54) is 10.8 Å². The van der Waals surface area contributed by atoms with E-state index in [0.717, 1.165) is 55.3 Å². The number of nitriles is 1. The van der Waals surface area contributed by atoms with Gasteiger partial charge in [0.1, 0.15) is 0 Å². The Bertz CT molecular complexity index is 2030. The molecular formula is C35H21N3. The molecule has 0 fully saturated rings. The number of aromatic nitrogens is 2. The first kappa shape index (κ1) is 21.9. The minimum absolute atomic E-state index is 0.666. The molecule has 7 aromatic rings. The lowest BCUT2D eigenvalue weighted by atomic mass is 9.94.